The van der Waals surface area contributed by atoms with Gasteiger partial charge in [0, 0.05) is 43.4 Å². The molecule has 2 aliphatic heterocycles. The highest BCUT2D eigenvalue weighted by molar-refractivity contribution is 9.10. The lowest BCUT2D eigenvalue weighted by Gasteiger charge is -2.37. The molecule has 0 aliphatic carbocycles. The molecule has 2 rings (SSSR count). The molecular formula is C32H63BrN2O6. The molecule has 0 aromatic rings. The van der Waals surface area contributed by atoms with Gasteiger partial charge in [0.25, 0.3) is 0 Å². The van der Waals surface area contributed by atoms with Crippen LogP contribution >= 0.6 is 15.9 Å². The second-order valence-electron chi connectivity index (χ2n) is 15.0. The van der Waals surface area contributed by atoms with Crippen LogP contribution in [0.3, 0.4) is 0 Å². The molecule has 0 aromatic heterocycles. The van der Waals surface area contributed by atoms with Crippen LogP contribution in [0.1, 0.15) is 117 Å². The molecule has 8 nitrogen and oxygen atoms in total. The van der Waals surface area contributed by atoms with Crippen molar-refractivity contribution >= 4 is 39.7 Å². The third-order valence-corrected chi connectivity index (χ3v) is 5.50. The average Bonchev–Trinajstić information content (AvgIpc) is 2.71. The van der Waals surface area contributed by atoms with Crippen LogP contribution < -0.4 is 0 Å². The zero-order valence-electron chi connectivity index (χ0n) is 29.1. The van der Waals surface area contributed by atoms with Crippen LogP contribution in [0, 0.1) is 28.6 Å². The Labute approximate surface area is 260 Å². The zero-order valence-corrected chi connectivity index (χ0v) is 30.7. The topological polar surface area (TPSA) is 104 Å². The number of carbonyl (C=O) groups excluding carboxylic acids is 3. The fourth-order valence-electron chi connectivity index (χ4n) is 3.17. The number of ether oxygens (including phenoxy) is 1. The number of piperidine rings is 2. The van der Waals surface area contributed by atoms with E-state index in [0.717, 1.165) is 17.8 Å². The van der Waals surface area contributed by atoms with Gasteiger partial charge in [-0.3, -0.25) is 9.59 Å². The van der Waals surface area contributed by atoms with E-state index in [-0.39, 0.29) is 35.6 Å². The Morgan fingerprint density at radius 1 is 0.829 bits per heavy atom. The number of amides is 2. The minimum atomic E-state index is -0.968. The number of carbonyl (C=O) groups is 4. The van der Waals surface area contributed by atoms with Gasteiger partial charge in [-0.25, -0.2) is 9.59 Å². The van der Waals surface area contributed by atoms with Crippen molar-refractivity contribution in [3.8, 4) is 0 Å². The molecule has 2 amide bonds. The third kappa shape index (κ3) is 23.6. The molecule has 2 saturated heterocycles. The highest BCUT2D eigenvalue weighted by atomic mass is 79.9. The highest BCUT2D eigenvalue weighted by Crippen LogP contribution is 2.29. The Morgan fingerprint density at radius 3 is 1.49 bits per heavy atom. The first-order valence-corrected chi connectivity index (χ1v) is 15.7. The quantitative estimate of drug-likeness (QED) is 0.263. The van der Waals surface area contributed by atoms with E-state index in [1.807, 2.05) is 34.6 Å². The minimum Gasteiger partial charge on any atom is -0.465 e. The number of rotatable bonds is 0. The summed E-state index contributed by atoms with van der Waals surface area (Å²) in [6.07, 6.45) is -0.871. The van der Waals surface area contributed by atoms with Crippen LogP contribution in [-0.2, 0) is 14.3 Å². The number of halogens is 1. The summed E-state index contributed by atoms with van der Waals surface area (Å²) in [6.45, 7) is 33.7. The highest BCUT2D eigenvalue weighted by Gasteiger charge is 2.41. The molecule has 9 heteroatoms. The number of ketones is 2. The third-order valence-electron chi connectivity index (χ3n) is 4.79. The standard InChI is InChI=1S/C12H21NO3.C8H12BrNO3.3C4H10/c1-11(2,3)16-10(15)13-7-6-9(14)12(4,5)8-13;1-8(2)4-10(7(12)13)3-5(9)6(8)11;3*1-4(2)3/h6-8H2,1-5H3;5H,3-4H2,1-2H3,(H,12,13);3*4H,1-3H3. The summed E-state index contributed by atoms with van der Waals surface area (Å²) in [5, 5.41) is 8.77. The molecule has 0 bridgehead atoms. The van der Waals surface area contributed by atoms with Crippen molar-refractivity contribution < 1.29 is 29.0 Å². The Kier molecular flexibility index (Phi) is 20.9. The van der Waals surface area contributed by atoms with E-state index in [1.165, 1.54) is 4.90 Å². The second kappa shape index (κ2) is 19.5. The van der Waals surface area contributed by atoms with Crippen LogP contribution in [0.15, 0.2) is 0 Å². The number of Topliss-reactive ketones (excluding diaryl/α,β-unsaturated/α-hetero) is 2. The molecule has 2 aliphatic rings. The van der Waals surface area contributed by atoms with E-state index in [4.69, 9.17) is 9.84 Å². The van der Waals surface area contributed by atoms with Crippen molar-refractivity contribution in [3.05, 3.63) is 0 Å². The monoisotopic (exact) mass is 650 g/mol. The van der Waals surface area contributed by atoms with Crippen LogP contribution in [0.5, 0.6) is 0 Å². The number of carboxylic acid groups (broad SMARTS) is 1. The summed E-state index contributed by atoms with van der Waals surface area (Å²) in [4.78, 5) is 48.1. The maximum atomic E-state index is 11.8. The normalized spacial score (nSPS) is 19.5. The SMILES string of the molecule is CC(C)(C)OC(=O)N1CCC(=O)C(C)(C)C1.CC(C)C.CC(C)C.CC(C)C.CC1(C)CN(C(=O)O)CC(Br)C1=O. The van der Waals surface area contributed by atoms with Crippen molar-refractivity contribution in [3.63, 3.8) is 0 Å². The van der Waals surface area contributed by atoms with E-state index in [0.29, 0.717) is 19.5 Å². The van der Waals surface area contributed by atoms with E-state index in [2.05, 4.69) is 78.2 Å². The lowest BCUT2D eigenvalue weighted by molar-refractivity contribution is -0.131. The lowest BCUT2D eigenvalue weighted by Crippen LogP contribution is -2.53. The van der Waals surface area contributed by atoms with Crippen LogP contribution in [0.4, 0.5) is 9.59 Å². The molecule has 1 unspecified atom stereocenters. The van der Waals surface area contributed by atoms with Gasteiger partial charge < -0.3 is 19.6 Å². The summed E-state index contributed by atoms with van der Waals surface area (Å²) in [7, 11) is 0. The number of nitrogens with zero attached hydrogens (tertiary/aromatic N) is 2. The predicted molar refractivity (Wildman–Crippen MR) is 174 cm³/mol. The Morgan fingerprint density at radius 2 is 1.20 bits per heavy atom. The molecule has 41 heavy (non-hydrogen) atoms. The van der Waals surface area contributed by atoms with Gasteiger partial charge in [0.05, 0.1) is 4.83 Å². The molecule has 0 saturated carbocycles. The van der Waals surface area contributed by atoms with Crippen LogP contribution in [0.2, 0.25) is 0 Å². The fraction of sp³-hybridized carbons (Fsp3) is 0.875. The predicted octanol–water partition coefficient (Wildman–Crippen LogP) is 8.55. The van der Waals surface area contributed by atoms with E-state index in [9.17, 15) is 19.2 Å². The van der Waals surface area contributed by atoms with Gasteiger partial charge in [-0.2, -0.15) is 0 Å². The van der Waals surface area contributed by atoms with Gasteiger partial charge in [0.2, 0.25) is 0 Å². The first-order chi connectivity index (χ1) is 18.2. The van der Waals surface area contributed by atoms with Crippen molar-refractivity contribution in [2.24, 2.45) is 28.6 Å². The smallest absolute Gasteiger partial charge is 0.410 e. The minimum absolute atomic E-state index is 0.0741. The van der Waals surface area contributed by atoms with Gasteiger partial charge in [-0.15, -0.1) is 0 Å². The average molecular weight is 652 g/mol. The summed E-state index contributed by atoms with van der Waals surface area (Å²) < 4.78 is 5.28. The Balaban J connectivity index is -0.000000512. The maximum absolute atomic E-state index is 11.8. The molecule has 2 fully saturated rings. The summed E-state index contributed by atoms with van der Waals surface area (Å²) >= 11 is 3.18. The summed E-state index contributed by atoms with van der Waals surface area (Å²) in [5.74, 6) is 2.79. The molecule has 1 atom stereocenters. The molecule has 0 spiro atoms. The first kappa shape index (κ1) is 43.8. The first-order valence-electron chi connectivity index (χ1n) is 14.8. The fourth-order valence-corrected chi connectivity index (χ4v) is 4.14. The van der Waals surface area contributed by atoms with Crippen molar-refractivity contribution in [1.29, 1.82) is 0 Å². The maximum Gasteiger partial charge on any atom is 0.410 e. The van der Waals surface area contributed by atoms with E-state index < -0.39 is 22.5 Å². The molecule has 244 valence electrons. The summed E-state index contributed by atoms with van der Waals surface area (Å²) in [6, 6.07) is 0. The van der Waals surface area contributed by atoms with Crippen molar-refractivity contribution in [1.82, 2.24) is 9.80 Å². The lowest BCUT2D eigenvalue weighted by atomic mass is 9.83. The van der Waals surface area contributed by atoms with Crippen LogP contribution in [-0.4, -0.2) is 75.3 Å². The number of likely N-dealkylation sites (tertiary alicyclic amines) is 2. The van der Waals surface area contributed by atoms with Gasteiger partial charge >= 0.3 is 12.2 Å². The van der Waals surface area contributed by atoms with Gasteiger partial charge in [-0.1, -0.05) is 106 Å². The molecule has 1 N–H and O–H groups in total. The number of alkyl halides is 1. The van der Waals surface area contributed by atoms with Gasteiger partial charge in [0.15, 0.2) is 5.78 Å². The molecular weight excluding hydrogens is 588 g/mol. The zero-order chi connectivity index (χ0) is 33.5. The Bertz CT molecular complexity index is 778. The number of hydrogen-bond acceptors (Lipinski definition) is 5. The van der Waals surface area contributed by atoms with Crippen molar-refractivity contribution in [2.75, 3.05) is 26.2 Å². The largest absolute Gasteiger partial charge is 0.465 e. The molecule has 2 heterocycles. The van der Waals surface area contributed by atoms with Gasteiger partial charge in [-0.05, 0) is 38.5 Å². The Hall–Kier alpha value is -1.64. The summed E-state index contributed by atoms with van der Waals surface area (Å²) in [5.41, 5.74) is -1.51. The molecule has 0 aromatic carbocycles. The second-order valence-corrected chi connectivity index (χ2v) is 16.1. The molecule has 0 radical (unpaired) electrons. The van der Waals surface area contributed by atoms with Crippen LogP contribution in [0.25, 0.3) is 0 Å². The van der Waals surface area contributed by atoms with Gasteiger partial charge in [0.1, 0.15) is 11.4 Å². The van der Waals surface area contributed by atoms with E-state index in [1.54, 1.807) is 18.7 Å². The van der Waals surface area contributed by atoms with Crippen molar-refractivity contribution in [2.45, 2.75) is 128 Å². The van der Waals surface area contributed by atoms with E-state index >= 15 is 0 Å². The number of hydrogen-bond donors (Lipinski definition) is 1.